The number of fused-ring (bicyclic) bond motifs is 3. The lowest BCUT2D eigenvalue weighted by molar-refractivity contribution is -0.120. The van der Waals surface area contributed by atoms with E-state index in [0.717, 1.165) is 22.2 Å². The first-order valence-electron chi connectivity index (χ1n) is 7.46. The van der Waals surface area contributed by atoms with E-state index in [1.54, 1.807) is 6.20 Å². The van der Waals surface area contributed by atoms with E-state index in [1.165, 1.54) is 0 Å². The van der Waals surface area contributed by atoms with E-state index in [9.17, 15) is 9.59 Å². The van der Waals surface area contributed by atoms with Crippen LogP contribution in [0.2, 0.25) is 0 Å². The van der Waals surface area contributed by atoms with Crippen LogP contribution in [-0.4, -0.2) is 29.4 Å². The highest BCUT2D eigenvalue weighted by Crippen LogP contribution is 2.34. The van der Waals surface area contributed by atoms with Crippen LogP contribution in [-0.2, 0) is 9.59 Å². The minimum Gasteiger partial charge on any atom is -0.370 e. The fourth-order valence-corrected chi connectivity index (χ4v) is 2.98. The average Bonchev–Trinajstić information content (AvgIpc) is 2.54. The summed E-state index contributed by atoms with van der Waals surface area (Å²) in [7, 11) is 0. The Morgan fingerprint density at radius 2 is 2.09 bits per heavy atom. The number of hydrogen-bond donors (Lipinski definition) is 2. The molecule has 0 saturated carbocycles. The van der Waals surface area contributed by atoms with Crippen molar-refractivity contribution < 1.29 is 9.59 Å². The van der Waals surface area contributed by atoms with E-state index in [4.69, 9.17) is 11.5 Å². The zero-order valence-corrected chi connectivity index (χ0v) is 12.6. The van der Waals surface area contributed by atoms with Gasteiger partial charge in [0.15, 0.2) is 0 Å². The number of carbonyl (C=O) groups excluding carboxylic acids is 2. The van der Waals surface area contributed by atoms with E-state index < -0.39 is 17.9 Å². The Kier molecular flexibility index (Phi) is 3.97. The van der Waals surface area contributed by atoms with Crippen LogP contribution in [0, 0.1) is 0 Å². The predicted molar refractivity (Wildman–Crippen MR) is 89.5 cm³/mol. The van der Waals surface area contributed by atoms with Crippen LogP contribution in [0.1, 0.15) is 18.4 Å². The highest BCUT2D eigenvalue weighted by atomic mass is 16.2. The first-order valence-corrected chi connectivity index (χ1v) is 7.46. The second kappa shape index (κ2) is 6.08. The van der Waals surface area contributed by atoms with Crippen molar-refractivity contribution in [3.05, 3.63) is 42.1 Å². The molecule has 0 aliphatic carbocycles. The van der Waals surface area contributed by atoms with Crippen molar-refractivity contribution in [1.82, 2.24) is 4.98 Å². The molecule has 2 amide bonds. The van der Waals surface area contributed by atoms with Gasteiger partial charge in [0.1, 0.15) is 6.04 Å². The molecule has 0 spiro atoms. The Bertz CT molecular complexity index is 800. The van der Waals surface area contributed by atoms with Gasteiger partial charge in [0.25, 0.3) is 0 Å². The number of pyridine rings is 1. The molecule has 4 N–H and O–H groups in total. The van der Waals surface area contributed by atoms with Crippen LogP contribution in [0.5, 0.6) is 0 Å². The van der Waals surface area contributed by atoms with Gasteiger partial charge in [0.2, 0.25) is 11.8 Å². The Balaban J connectivity index is 2.08. The molecular weight excluding hydrogens is 292 g/mol. The van der Waals surface area contributed by atoms with Crippen LogP contribution in [0.15, 0.2) is 36.5 Å². The molecule has 1 atom stereocenters. The van der Waals surface area contributed by atoms with Gasteiger partial charge in [-0.05, 0) is 18.1 Å². The number of benzene rings is 1. The second-order valence-corrected chi connectivity index (χ2v) is 5.56. The molecule has 6 heteroatoms. The number of hydrogen-bond acceptors (Lipinski definition) is 4. The third kappa shape index (κ3) is 2.88. The highest BCUT2D eigenvalue weighted by molar-refractivity contribution is 5.99. The quantitative estimate of drug-likeness (QED) is 0.865. The maximum absolute atomic E-state index is 11.9. The third-order valence-corrected chi connectivity index (χ3v) is 4.03. The molecule has 0 fully saturated rings. The van der Waals surface area contributed by atoms with Crippen LogP contribution in [0.3, 0.4) is 0 Å². The van der Waals surface area contributed by atoms with Gasteiger partial charge in [0, 0.05) is 24.5 Å². The summed E-state index contributed by atoms with van der Waals surface area (Å²) in [6.07, 6.45) is 6.10. The van der Waals surface area contributed by atoms with E-state index in [1.807, 2.05) is 41.3 Å². The van der Waals surface area contributed by atoms with Gasteiger partial charge < -0.3 is 16.4 Å². The van der Waals surface area contributed by atoms with Crippen LogP contribution < -0.4 is 16.4 Å². The van der Waals surface area contributed by atoms with Gasteiger partial charge in [-0.15, -0.1) is 0 Å². The van der Waals surface area contributed by atoms with Crippen molar-refractivity contribution in [3.63, 3.8) is 0 Å². The molecule has 1 aliphatic rings. The van der Waals surface area contributed by atoms with E-state index in [0.29, 0.717) is 13.0 Å². The van der Waals surface area contributed by atoms with Crippen molar-refractivity contribution in [2.75, 3.05) is 11.4 Å². The van der Waals surface area contributed by atoms with Crippen molar-refractivity contribution in [2.24, 2.45) is 11.5 Å². The normalized spacial score (nSPS) is 14.5. The van der Waals surface area contributed by atoms with Crippen molar-refractivity contribution in [1.29, 1.82) is 0 Å². The van der Waals surface area contributed by atoms with Gasteiger partial charge in [-0.2, -0.15) is 0 Å². The van der Waals surface area contributed by atoms with Gasteiger partial charge in [-0.25, -0.2) is 0 Å². The molecule has 1 aromatic carbocycles. The number of anilines is 1. The fraction of sp³-hybridized carbons (Fsp3) is 0.235. The minimum absolute atomic E-state index is 0.112. The number of carbonyl (C=O) groups is 2. The zero-order chi connectivity index (χ0) is 16.4. The molecule has 2 aromatic rings. The van der Waals surface area contributed by atoms with E-state index >= 15 is 0 Å². The Morgan fingerprint density at radius 1 is 1.26 bits per heavy atom. The maximum Gasteiger partial charge on any atom is 0.240 e. The van der Waals surface area contributed by atoms with Crippen LogP contribution in [0.4, 0.5) is 5.69 Å². The molecule has 1 aliphatic heterocycles. The molecule has 2 heterocycles. The summed E-state index contributed by atoms with van der Waals surface area (Å²) in [5.74, 6) is -0.916. The molecule has 1 unspecified atom stereocenters. The number of primary amides is 2. The molecule has 1 aromatic heterocycles. The van der Waals surface area contributed by atoms with Gasteiger partial charge in [-0.3, -0.25) is 14.6 Å². The van der Waals surface area contributed by atoms with Crippen molar-refractivity contribution in [3.8, 4) is 0 Å². The lowest BCUT2D eigenvalue weighted by atomic mass is 9.99. The highest BCUT2D eigenvalue weighted by Gasteiger charge is 2.28. The summed E-state index contributed by atoms with van der Waals surface area (Å²) in [6.45, 7) is 0.537. The SMILES string of the molecule is NC(=O)CCC(C(N)=O)N1CC=Cc2ccc3cccnc3c21. The van der Waals surface area contributed by atoms with Gasteiger partial charge >= 0.3 is 0 Å². The first-order chi connectivity index (χ1) is 11.1. The number of rotatable bonds is 5. The lowest BCUT2D eigenvalue weighted by Gasteiger charge is -2.34. The minimum atomic E-state index is -0.598. The summed E-state index contributed by atoms with van der Waals surface area (Å²) in [5, 5.41) is 0.990. The molecule has 3 rings (SSSR count). The molecule has 23 heavy (non-hydrogen) atoms. The van der Waals surface area contributed by atoms with Crippen molar-refractivity contribution >= 4 is 34.5 Å². The van der Waals surface area contributed by atoms with Crippen LogP contribution in [0.25, 0.3) is 17.0 Å². The average molecular weight is 310 g/mol. The lowest BCUT2D eigenvalue weighted by Crippen LogP contribution is -2.46. The summed E-state index contributed by atoms with van der Waals surface area (Å²) in [6, 6.07) is 7.24. The monoisotopic (exact) mass is 310 g/mol. The van der Waals surface area contributed by atoms with Gasteiger partial charge in [-0.1, -0.05) is 30.4 Å². The van der Waals surface area contributed by atoms with Crippen molar-refractivity contribution in [2.45, 2.75) is 18.9 Å². The number of aromatic nitrogens is 1. The largest absolute Gasteiger partial charge is 0.370 e. The van der Waals surface area contributed by atoms with E-state index in [-0.39, 0.29) is 6.42 Å². The Morgan fingerprint density at radius 3 is 2.83 bits per heavy atom. The second-order valence-electron chi connectivity index (χ2n) is 5.56. The maximum atomic E-state index is 11.9. The Hall–Kier alpha value is -2.89. The zero-order valence-electron chi connectivity index (χ0n) is 12.6. The molecule has 118 valence electrons. The third-order valence-electron chi connectivity index (χ3n) is 4.03. The number of amides is 2. The topological polar surface area (TPSA) is 102 Å². The number of nitrogens with two attached hydrogens (primary N) is 2. The fourth-order valence-electron chi connectivity index (χ4n) is 2.98. The summed E-state index contributed by atoms with van der Waals surface area (Å²) < 4.78 is 0. The summed E-state index contributed by atoms with van der Waals surface area (Å²) >= 11 is 0. The molecule has 0 radical (unpaired) electrons. The molecular formula is C17H18N4O2. The Labute approximate surface area is 133 Å². The molecule has 0 saturated heterocycles. The predicted octanol–water partition coefficient (Wildman–Crippen LogP) is 1.19. The standard InChI is InChI=1S/C17H18N4O2/c18-14(22)8-7-13(17(19)23)21-10-2-4-12-6-5-11-3-1-9-20-15(11)16(12)21/h1-6,9,13H,7-8,10H2,(H2,18,22)(H2,19,23). The van der Waals surface area contributed by atoms with Gasteiger partial charge in [0.05, 0.1) is 11.2 Å². The van der Waals surface area contributed by atoms with E-state index in [2.05, 4.69) is 4.98 Å². The first kappa shape index (κ1) is 15.0. The molecule has 6 nitrogen and oxygen atoms in total. The number of nitrogens with zero attached hydrogens (tertiary/aromatic N) is 2. The summed E-state index contributed by atoms with van der Waals surface area (Å²) in [5.41, 5.74) is 13.5. The van der Waals surface area contributed by atoms with Crippen LogP contribution >= 0.6 is 0 Å². The smallest absolute Gasteiger partial charge is 0.240 e. The molecule has 0 bridgehead atoms. The summed E-state index contributed by atoms with van der Waals surface area (Å²) in [4.78, 5) is 29.4.